The predicted octanol–water partition coefficient (Wildman–Crippen LogP) is -0.695. The monoisotopic (exact) mass is 173 g/mol. The Kier molecular flexibility index (Phi) is 5.66. The van der Waals surface area contributed by atoms with E-state index in [4.69, 9.17) is 5.73 Å². The van der Waals surface area contributed by atoms with Crippen LogP contribution < -0.4 is 16.4 Å². The zero-order valence-electron chi connectivity index (χ0n) is 8.05. The van der Waals surface area contributed by atoms with Gasteiger partial charge in [-0.1, -0.05) is 13.8 Å². The summed E-state index contributed by atoms with van der Waals surface area (Å²) in [6.07, 6.45) is 0. The quantitative estimate of drug-likeness (QED) is 0.482. The second-order valence-electron chi connectivity index (χ2n) is 3.16. The van der Waals surface area contributed by atoms with Crippen molar-refractivity contribution < 1.29 is 4.79 Å². The lowest BCUT2D eigenvalue weighted by molar-refractivity contribution is -0.123. The van der Waals surface area contributed by atoms with Gasteiger partial charge in [0, 0.05) is 13.1 Å². The van der Waals surface area contributed by atoms with Crippen molar-refractivity contribution in [1.29, 1.82) is 0 Å². The molecular weight excluding hydrogens is 154 g/mol. The number of hydrogen-bond donors (Lipinski definition) is 3. The van der Waals surface area contributed by atoms with E-state index < -0.39 is 0 Å². The molecule has 0 radical (unpaired) electrons. The summed E-state index contributed by atoms with van der Waals surface area (Å²) >= 11 is 0. The van der Waals surface area contributed by atoms with Gasteiger partial charge in [0.25, 0.3) is 0 Å². The molecule has 0 aromatic carbocycles. The maximum atomic E-state index is 11.2. The lowest BCUT2D eigenvalue weighted by Gasteiger charge is -2.14. The van der Waals surface area contributed by atoms with E-state index in [1.807, 2.05) is 20.9 Å². The first-order chi connectivity index (χ1) is 5.59. The summed E-state index contributed by atoms with van der Waals surface area (Å²) in [5, 5.41) is 5.67. The average molecular weight is 173 g/mol. The summed E-state index contributed by atoms with van der Waals surface area (Å²) in [5.41, 5.74) is 5.61. The molecule has 0 spiro atoms. The van der Waals surface area contributed by atoms with Crippen LogP contribution in [0.1, 0.15) is 13.8 Å². The molecular formula is C8H19N3O. The Balaban J connectivity index is 3.57. The summed E-state index contributed by atoms with van der Waals surface area (Å²) < 4.78 is 0. The molecule has 0 aromatic heterocycles. The minimum absolute atomic E-state index is 0.0692. The average Bonchev–Trinajstić information content (AvgIpc) is 2.03. The zero-order valence-corrected chi connectivity index (χ0v) is 8.05. The number of hydrogen-bond acceptors (Lipinski definition) is 3. The van der Waals surface area contributed by atoms with E-state index in [1.165, 1.54) is 0 Å². The zero-order chi connectivity index (χ0) is 9.56. The van der Waals surface area contributed by atoms with Gasteiger partial charge in [0.15, 0.2) is 0 Å². The molecule has 0 saturated carbocycles. The summed E-state index contributed by atoms with van der Waals surface area (Å²) in [6, 6.07) is -0.387. The smallest absolute Gasteiger partial charge is 0.237 e. The van der Waals surface area contributed by atoms with Crippen molar-refractivity contribution >= 4 is 5.91 Å². The molecule has 1 atom stereocenters. The van der Waals surface area contributed by atoms with Crippen molar-refractivity contribution in [1.82, 2.24) is 10.6 Å². The maximum Gasteiger partial charge on any atom is 0.237 e. The van der Waals surface area contributed by atoms with Crippen LogP contribution in [0, 0.1) is 5.92 Å². The Bertz CT molecular complexity index is 136. The minimum Gasteiger partial charge on any atom is -0.353 e. The largest absolute Gasteiger partial charge is 0.353 e. The van der Waals surface area contributed by atoms with Crippen LogP contribution in [0.3, 0.4) is 0 Å². The van der Waals surface area contributed by atoms with Crippen molar-refractivity contribution in [3.05, 3.63) is 0 Å². The molecule has 4 heteroatoms. The van der Waals surface area contributed by atoms with Gasteiger partial charge >= 0.3 is 0 Å². The third-order valence-corrected chi connectivity index (χ3v) is 1.70. The van der Waals surface area contributed by atoms with Crippen molar-refractivity contribution in [2.75, 3.05) is 20.1 Å². The van der Waals surface area contributed by atoms with Crippen LogP contribution in [0.4, 0.5) is 0 Å². The van der Waals surface area contributed by atoms with E-state index in [-0.39, 0.29) is 17.9 Å². The van der Waals surface area contributed by atoms with Gasteiger partial charge in [-0.3, -0.25) is 4.79 Å². The van der Waals surface area contributed by atoms with Gasteiger partial charge in [-0.2, -0.15) is 0 Å². The van der Waals surface area contributed by atoms with Crippen LogP contribution >= 0.6 is 0 Å². The fourth-order valence-corrected chi connectivity index (χ4v) is 0.731. The number of nitrogens with two attached hydrogens (primary N) is 1. The second kappa shape index (κ2) is 5.97. The Morgan fingerprint density at radius 3 is 2.42 bits per heavy atom. The van der Waals surface area contributed by atoms with E-state index in [9.17, 15) is 4.79 Å². The molecule has 0 rings (SSSR count). The minimum atomic E-state index is -0.387. The van der Waals surface area contributed by atoms with Crippen LogP contribution in [0.25, 0.3) is 0 Å². The molecule has 0 aliphatic rings. The Hall–Kier alpha value is -0.610. The first kappa shape index (κ1) is 11.4. The third-order valence-electron chi connectivity index (χ3n) is 1.70. The molecule has 12 heavy (non-hydrogen) atoms. The van der Waals surface area contributed by atoms with Crippen LogP contribution in [-0.4, -0.2) is 32.1 Å². The molecule has 4 N–H and O–H groups in total. The van der Waals surface area contributed by atoms with Crippen LogP contribution in [0.5, 0.6) is 0 Å². The van der Waals surface area contributed by atoms with Gasteiger partial charge < -0.3 is 16.4 Å². The standard InChI is InChI=1S/C8H19N3O/c1-6(2)7(9)8(12)11-5-4-10-3/h6-7,10H,4-5,9H2,1-3H3,(H,11,12)/t7-/m0/s1. The highest BCUT2D eigenvalue weighted by Gasteiger charge is 2.15. The lowest BCUT2D eigenvalue weighted by atomic mass is 10.1. The van der Waals surface area contributed by atoms with Gasteiger partial charge in [-0.05, 0) is 13.0 Å². The van der Waals surface area contributed by atoms with Gasteiger partial charge in [0.05, 0.1) is 6.04 Å². The molecule has 0 aromatic rings. The van der Waals surface area contributed by atoms with Crippen molar-refractivity contribution in [2.24, 2.45) is 11.7 Å². The van der Waals surface area contributed by atoms with Gasteiger partial charge in [0.1, 0.15) is 0 Å². The number of rotatable bonds is 5. The van der Waals surface area contributed by atoms with E-state index in [0.29, 0.717) is 6.54 Å². The van der Waals surface area contributed by atoms with Crippen LogP contribution in [-0.2, 0) is 4.79 Å². The summed E-state index contributed by atoms with van der Waals surface area (Å²) in [6.45, 7) is 5.27. The number of nitrogens with one attached hydrogen (secondary N) is 2. The third kappa shape index (κ3) is 4.31. The first-order valence-electron chi connectivity index (χ1n) is 4.27. The highest BCUT2D eigenvalue weighted by Crippen LogP contribution is 1.96. The SMILES string of the molecule is CNCCNC(=O)[C@@H](N)C(C)C. The number of likely N-dealkylation sites (N-methyl/N-ethyl adjacent to an activating group) is 1. The Morgan fingerprint density at radius 1 is 1.42 bits per heavy atom. The van der Waals surface area contributed by atoms with Crippen molar-refractivity contribution in [2.45, 2.75) is 19.9 Å². The second-order valence-corrected chi connectivity index (χ2v) is 3.16. The number of amides is 1. The molecule has 0 bridgehead atoms. The fourth-order valence-electron chi connectivity index (χ4n) is 0.731. The van der Waals surface area contributed by atoms with E-state index in [2.05, 4.69) is 10.6 Å². The van der Waals surface area contributed by atoms with E-state index in [0.717, 1.165) is 6.54 Å². The highest BCUT2D eigenvalue weighted by molar-refractivity contribution is 5.81. The van der Waals surface area contributed by atoms with Crippen LogP contribution in [0.15, 0.2) is 0 Å². The van der Waals surface area contributed by atoms with Gasteiger partial charge in [-0.15, -0.1) is 0 Å². The van der Waals surface area contributed by atoms with Crippen molar-refractivity contribution in [3.8, 4) is 0 Å². The fraction of sp³-hybridized carbons (Fsp3) is 0.875. The number of carbonyl (C=O) groups excluding carboxylic acids is 1. The Labute approximate surface area is 73.9 Å². The van der Waals surface area contributed by atoms with Gasteiger partial charge in [0.2, 0.25) is 5.91 Å². The van der Waals surface area contributed by atoms with E-state index in [1.54, 1.807) is 0 Å². The summed E-state index contributed by atoms with van der Waals surface area (Å²) in [7, 11) is 1.84. The molecule has 0 aliphatic carbocycles. The Morgan fingerprint density at radius 2 is 2.00 bits per heavy atom. The van der Waals surface area contributed by atoms with Crippen LogP contribution in [0.2, 0.25) is 0 Å². The highest BCUT2D eigenvalue weighted by atomic mass is 16.2. The molecule has 0 saturated heterocycles. The lowest BCUT2D eigenvalue weighted by Crippen LogP contribution is -2.45. The molecule has 1 amide bonds. The maximum absolute atomic E-state index is 11.2. The number of carbonyl (C=O) groups is 1. The molecule has 4 nitrogen and oxygen atoms in total. The predicted molar refractivity (Wildman–Crippen MR) is 49.7 cm³/mol. The molecule has 0 unspecified atom stereocenters. The topological polar surface area (TPSA) is 67.1 Å². The molecule has 0 fully saturated rings. The van der Waals surface area contributed by atoms with E-state index >= 15 is 0 Å². The van der Waals surface area contributed by atoms with Gasteiger partial charge in [-0.25, -0.2) is 0 Å². The normalized spacial score (nSPS) is 13.1. The molecule has 72 valence electrons. The molecule has 0 aliphatic heterocycles. The molecule has 0 heterocycles. The summed E-state index contributed by atoms with van der Waals surface area (Å²) in [5.74, 6) is 0.125. The summed E-state index contributed by atoms with van der Waals surface area (Å²) in [4.78, 5) is 11.2. The first-order valence-corrected chi connectivity index (χ1v) is 4.27. The van der Waals surface area contributed by atoms with Crippen molar-refractivity contribution in [3.63, 3.8) is 0 Å².